The monoisotopic (exact) mass is 578 g/mol. The van der Waals surface area contributed by atoms with Crippen molar-refractivity contribution in [2.45, 2.75) is 96.9 Å². The molecule has 0 heterocycles. The molecule has 228 valence electrons. The van der Waals surface area contributed by atoms with E-state index in [0.29, 0.717) is 24.8 Å². The molecular weight excluding hydrogens is 535 g/mol. The van der Waals surface area contributed by atoms with E-state index >= 15 is 4.39 Å². The largest absolute Gasteiger partial charge is 0.509 e. The van der Waals surface area contributed by atoms with Gasteiger partial charge in [0.2, 0.25) is 5.78 Å². The second-order valence-electron chi connectivity index (χ2n) is 12.4. The number of alkyl halides is 1. The van der Waals surface area contributed by atoms with Gasteiger partial charge in [-0.25, -0.2) is 14.0 Å². The molecule has 0 radical (unpaired) electrons. The van der Waals surface area contributed by atoms with E-state index in [4.69, 9.17) is 18.9 Å². The number of ether oxygens (including phenoxy) is 4. The predicted octanol–water partition coefficient (Wildman–Crippen LogP) is 5.43. The zero-order chi connectivity index (χ0) is 30.0. The standard InChI is InChI=1S/C31H43FO9/c1-5-7-8-14-39-28(37)41-31(25(35)18-40-27(36)38-13-6-2)12-10-21-20-16-23(32)22-15-19(33)9-11-29(22,3)26(20)24(34)17-30(21,31)4/h9,11,15,20-21,23-24,26,34H,5-8,10,12-14,16-18H2,1-4H3/t20-,21-,23-,24?,26+,29-,30-,31-/m0/s1. The second kappa shape index (κ2) is 12.2. The molecule has 1 unspecified atom stereocenters. The lowest BCUT2D eigenvalue weighted by molar-refractivity contribution is -0.186. The second-order valence-corrected chi connectivity index (χ2v) is 12.4. The molecule has 0 aromatic rings. The van der Waals surface area contributed by atoms with Crippen LogP contribution in [0.5, 0.6) is 0 Å². The lowest BCUT2D eigenvalue weighted by Gasteiger charge is -2.60. The number of unbranched alkanes of at least 4 members (excludes halogenated alkanes) is 2. The summed E-state index contributed by atoms with van der Waals surface area (Å²) < 4.78 is 37.0. The third-order valence-electron chi connectivity index (χ3n) is 10.0. The SMILES string of the molecule is CCCCCOC(=O)O[C@]1(C(=O)COC(=O)OCCC)CC[C@H]2[C@@H]3C[C@H](F)C4=CC(=O)C=C[C@]4(C)[C@H]3C(O)C[C@@]21C. The molecule has 4 aliphatic carbocycles. The van der Waals surface area contributed by atoms with Gasteiger partial charge in [0.25, 0.3) is 0 Å². The first kappa shape index (κ1) is 31.2. The van der Waals surface area contributed by atoms with Crippen LogP contribution in [0.4, 0.5) is 14.0 Å². The molecule has 0 amide bonds. The molecule has 9 nitrogen and oxygen atoms in total. The Kier molecular flexibility index (Phi) is 9.31. The van der Waals surface area contributed by atoms with E-state index < -0.39 is 59.3 Å². The van der Waals surface area contributed by atoms with E-state index in [1.54, 1.807) is 13.0 Å². The number of hydrogen-bond acceptors (Lipinski definition) is 9. The Morgan fingerprint density at radius 2 is 1.78 bits per heavy atom. The van der Waals surface area contributed by atoms with Crippen LogP contribution in [-0.4, -0.2) is 66.7 Å². The summed E-state index contributed by atoms with van der Waals surface area (Å²) >= 11 is 0. The van der Waals surface area contributed by atoms with Gasteiger partial charge < -0.3 is 24.1 Å². The van der Waals surface area contributed by atoms with Crippen LogP contribution in [0.25, 0.3) is 0 Å². The maximum Gasteiger partial charge on any atom is 0.509 e. The van der Waals surface area contributed by atoms with Crippen molar-refractivity contribution in [1.82, 2.24) is 0 Å². The lowest BCUT2D eigenvalue weighted by Crippen LogP contribution is -2.64. The van der Waals surface area contributed by atoms with Gasteiger partial charge in [0.1, 0.15) is 6.17 Å². The predicted molar refractivity (Wildman–Crippen MR) is 146 cm³/mol. The minimum Gasteiger partial charge on any atom is -0.434 e. The minimum absolute atomic E-state index is 0.0795. The number of ketones is 2. The Hall–Kier alpha value is -2.75. The first-order valence-corrected chi connectivity index (χ1v) is 14.9. The van der Waals surface area contributed by atoms with Crippen LogP contribution < -0.4 is 0 Å². The summed E-state index contributed by atoms with van der Waals surface area (Å²) in [6.07, 6.45) is 3.83. The fraction of sp³-hybridized carbons (Fsp3) is 0.742. The number of halogens is 1. The molecule has 4 rings (SSSR count). The van der Waals surface area contributed by atoms with Gasteiger partial charge in [-0.3, -0.25) is 9.59 Å². The molecule has 0 aromatic carbocycles. The topological polar surface area (TPSA) is 125 Å². The molecule has 0 spiro atoms. The Morgan fingerprint density at radius 3 is 2.49 bits per heavy atom. The molecule has 1 N–H and O–H groups in total. The Balaban J connectivity index is 1.65. The first-order valence-electron chi connectivity index (χ1n) is 14.9. The zero-order valence-electron chi connectivity index (χ0n) is 24.5. The van der Waals surface area contributed by atoms with Gasteiger partial charge >= 0.3 is 12.3 Å². The Labute approximate surface area is 240 Å². The maximum atomic E-state index is 15.7. The zero-order valence-corrected chi connectivity index (χ0v) is 24.5. The van der Waals surface area contributed by atoms with Crippen LogP contribution in [0.15, 0.2) is 23.8 Å². The first-order chi connectivity index (χ1) is 19.4. The van der Waals surface area contributed by atoms with Crippen LogP contribution in [0.2, 0.25) is 0 Å². The van der Waals surface area contributed by atoms with Crippen molar-refractivity contribution >= 4 is 23.9 Å². The number of rotatable bonds is 10. The normalized spacial score (nSPS) is 37.3. The average molecular weight is 579 g/mol. The highest BCUT2D eigenvalue weighted by molar-refractivity contribution is 6.01. The van der Waals surface area contributed by atoms with E-state index in [0.717, 1.165) is 12.8 Å². The van der Waals surface area contributed by atoms with Gasteiger partial charge in [-0.2, -0.15) is 0 Å². The summed E-state index contributed by atoms with van der Waals surface area (Å²) in [4.78, 5) is 51.0. The fourth-order valence-corrected chi connectivity index (χ4v) is 8.15. The number of Topliss-reactive ketones (excluding diaryl/α,β-unsaturated/α-hetero) is 1. The van der Waals surface area contributed by atoms with Crippen molar-refractivity contribution in [2.75, 3.05) is 19.8 Å². The van der Waals surface area contributed by atoms with Crippen molar-refractivity contribution in [3.8, 4) is 0 Å². The number of carbonyl (C=O) groups is 4. The van der Waals surface area contributed by atoms with Gasteiger partial charge in [-0.15, -0.1) is 0 Å². The Morgan fingerprint density at radius 1 is 1.05 bits per heavy atom. The third kappa shape index (κ3) is 5.56. The highest BCUT2D eigenvalue weighted by Crippen LogP contribution is 2.68. The van der Waals surface area contributed by atoms with Crippen molar-refractivity contribution in [3.05, 3.63) is 23.8 Å². The van der Waals surface area contributed by atoms with Crippen molar-refractivity contribution < 1.29 is 47.6 Å². The molecule has 8 atom stereocenters. The summed E-state index contributed by atoms with van der Waals surface area (Å²) in [7, 11) is 0. The molecular formula is C31H43FO9. The van der Waals surface area contributed by atoms with Crippen molar-refractivity contribution in [2.24, 2.45) is 28.6 Å². The molecule has 41 heavy (non-hydrogen) atoms. The molecule has 0 aromatic heterocycles. The average Bonchev–Trinajstić information content (AvgIpc) is 3.21. The third-order valence-corrected chi connectivity index (χ3v) is 10.0. The smallest absolute Gasteiger partial charge is 0.434 e. The fourth-order valence-electron chi connectivity index (χ4n) is 8.15. The van der Waals surface area contributed by atoms with E-state index in [2.05, 4.69) is 0 Å². The van der Waals surface area contributed by atoms with E-state index in [9.17, 15) is 24.3 Å². The number of aliphatic hydroxyl groups excluding tert-OH is 1. The summed E-state index contributed by atoms with van der Waals surface area (Å²) in [5, 5.41) is 11.7. The van der Waals surface area contributed by atoms with Crippen LogP contribution in [-0.2, 0) is 28.5 Å². The molecule has 3 saturated carbocycles. The summed E-state index contributed by atoms with van der Waals surface area (Å²) in [5.74, 6) is -1.94. The number of hydrogen-bond donors (Lipinski definition) is 1. The van der Waals surface area contributed by atoms with Crippen LogP contribution in [0, 0.1) is 28.6 Å². The minimum atomic E-state index is -1.75. The summed E-state index contributed by atoms with van der Waals surface area (Å²) in [6, 6.07) is 0. The van der Waals surface area contributed by atoms with Gasteiger partial charge in [-0.05, 0) is 68.1 Å². The number of aliphatic hydroxyl groups is 1. The highest BCUT2D eigenvalue weighted by atomic mass is 19.1. The molecule has 4 aliphatic rings. The number of carbonyl (C=O) groups excluding carboxylic acids is 4. The van der Waals surface area contributed by atoms with Crippen LogP contribution in [0.3, 0.4) is 0 Å². The number of allylic oxidation sites excluding steroid dienone is 4. The van der Waals surface area contributed by atoms with E-state index in [1.165, 1.54) is 12.2 Å². The molecule has 3 fully saturated rings. The lowest BCUT2D eigenvalue weighted by atomic mass is 9.46. The van der Waals surface area contributed by atoms with Crippen LogP contribution >= 0.6 is 0 Å². The van der Waals surface area contributed by atoms with E-state index in [-0.39, 0.29) is 50.1 Å². The van der Waals surface area contributed by atoms with Gasteiger partial charge in [0, 0.05) is 16.7 Å². The summed E-state index contributed by atoms with van der Waals surface area (Å²) in [5.41, 5.74) is -3.33. The molecule has 0 bridgehead atoms. The van der Waals surface area contributed by atoms with Gasteiger partial charge in [0.05, 0.1) is 19.3 Å². The highest BCUT2D eigenvalue weighted by Gasteiger charge is 2.71. The Bertz CT molecular complexity index is 1100. The number of fused-ring (bicyclic) bond motifs is 5. The van der Waals surface area contributed by atoms with Crippen molar-refractivity contribution in [1.29, 1.82) is 0 Å². The van der Waals surface area contributed by atoms with Crippen molar-refractivity contribution in [3.63, 3.8) is 0 Å². The maximum absolute atomic E-state index is 15.7. The van der Waals surface area contributed by atoms with Gasteiger partial charge in [0.15, 0.2) is 18.0 Å². The molecule has 0 saturated heterocycles. The summed E-state index contributed by atoms with van der Waals surface area (Å²) in [6.45, 7) is 7.07. The van der Waals surface area contributed by atoms with E-state index in [1.807, 2.05) is 20.8 Å². The van der Waals surface area contributed by atoms with Crippen LogP contribution in [0.1, 0.15) is 79.1 Å². The molecule has 10 heteroatoms. The van der Waals surface area contributed by atoms with Gasteiger partial charge in [-0.1, -0.05) is 46.6 Å². The molecule has 0 aliphatic heterocycles. The quantitative estimate of drug-likeness (QED) is 0.267.